The molecule has 10 nitrogen and oxygen atoms in total. The number of benzene rings is 2. The van der Waals surface area contributed by atoms with Crippen molar-refractivity contribution in [1.29, 1.82) is 0 Å². The van der Waals surface area contributed by atoms with Gasteiger partial charge in [0, 0.05) is 30.5 Å². The second-order valence-electron chi connectivity index (χ2n) is 15.0. The van der Waals surface area contributed by atoms with E-state index in [4.69, 9.17) is 4.74 Å². The van der Waals surface area contributed by atoms with Crippen LogP contribution < -0.4 is 5.32 Å². The Balaban J connectivity index is 1.80. The monoisotopic (exact) mass is 668 g/mol. The van der Waals surface area contributed by atoms with Crippen LogP contribution in [0.2, 0.25) is 0 Å². The quantitative estimate of drug-likeness (QED) is 0.177. The highest BCUT2D eigenvalue weighted by atomic mass is 16.5. The topological polar surface area (TPSA) is 160 Å². The molecule has 1 amide bonds. The number of nitrogens with zero attached hydrogens (tertiary/aromatic N) is 1. The summed E-state index contributed by atoms with van der Waals surface area (Å²) in [4.78, 5) is 28.1. The van der Waals surface area contributed by atoms with Crippen LogP contribution in [0.3, 0.4) is 0 Å². The van der Waals surface area contributed by atoms with Gasteiger partial charge in [-0.15, -0.1) is 0 Å². The number of aromatic hydroxyl groups is 1. The third kappa shape index (κ3) is 9.52. The largest absolute Gasteiger partial charge is 0.508 e. The van der Waals surface area contributed by atoms with Crippen molar-refractivity contribution in [2.24, 2.45) is 10.8 Å². The van der Waals surface area contributed by atoms with Crippen LogP contribution in [0.15, 0.2) is 36.4 Å². The smallest absolute Gasteiger partial charge is 0.226 e. The summed E-state index contributed by atoms with van der Waals surface area (Å²) in [5, 5.41) is 54.9. The summed E-state index contributed by atoms with van der Waals surface area (Å²) in [7, 11) is 3.88. The number of aliphatic hydroxyl groups excluding tert-OH is 4. The molecule has 10 heteroatoms. The number of hydrogen-bond donors (Lipinski definition) is 6. The van der Waals surface area contributed by atoms with Gasteiger partial charge in [-0.3, -0.25) is 9.59 Å². The predicted molar refractivity (Wildman–Crippen MR) is 187 cm³/mol. The Morgan fingerprint density at radius 1 is 1.00 bits per heavy atom. The molecule has 0 aromatic heterocycles. The van der Waals surface area contributed by atoms with Crippen LogP contribution in [0.5, 0.6) is 5.75 Å². The summed E-state index contributed by atoms with van der Waals surface area (Å²) in [6.45, 7) is 14.0. The van der Waals surface area contributed by atoms with Gasteiger partial charge in [-0.25, -0.2) is 0 Å². The minimum Gasteiger partial charge on any atom is -0.508 e. The van der Waals surface area contributed by atoms with Gasteiger partial charge in [-0.1, -0.05) is 58.0 Å². The van der Waals surface area contributed by atoms with Crippen molar-refractivity contribution in [2.75, 3.05) is 33.8 Å². The number of ether oxygens (including phenoxy) is 1. The molecule has 0 unspecified atom stereocenters. The number of Topliss-reactive ketones (excluding diaryl/α,β-unsaturated/α-hetero) is 1. The Morgan fingerprint density at radius 3 is 2.25 bits per heavy atom. The molecule has 0 bridgehead atoms. The molecular weight excluding hydrogens is 612 g/mol. The Labute approximate surface area is 285 Å². The highest BCUT2D eigenvalue weighted by Crippen LogP contribution is 2.40. The number of ketones is 1. The zero-order chi connectivity index (χ0) is 36.1. The van der Waals surface area contributed by atoms with Gasteiger partial charge in [-0.05, 0) is 87.2 Å². The highest BCUT2D eigenvalue weighted by Gasteiger charge is 2.45. The SMILES string of the molecule is Cc1cc(/C=C/C(C)(C)C(=O)CC(C)(C)C(=O)NCCN(C)C)ccc1Cc1cc([C@@H]2O[C@H](CO)[C@@H](O)[C@H](O)[C@H]2O)c(O)cc1C(C)C. The van der Waals surface area contributed by atoms with Crippen LogP contribution in [0, 0.1) is 17.8 Å². The summed E-state index contributed by atoms with van der Waals surface area (Å²) in [6, 6.07) is 9.47. The molecule has 1 aliphatic rings. The van der Waals surface area contributed by atoms with E-state index in [1.807, 2.05) is 84.0 Å². The number of amides is 1. The van der Waals surface area contributed by atoms with Crippen molar-refractivity contribution in [1.82, 2.24) is 10.2 Å². The number of aliphatic hydroxyl groups is 4. The lowest BCUT2D eigenvalue weighted by molar-refractivity contribution is -0.232. The number of phenols is 1. The lowest BCUT2D eigenvalue weighted by Gasteiger charge is -2.40. The van der Waals surface area contributed by atoms with Gasteiger partial charge in [0.2, 0.25) is 5.91 Å². The van der Waals surface area contributed by atoms with E-state index in [1.165, 1.54) is 0 Å². The van der Waals surface area contributed by atoms with Gasteiger partial charge >= 0.3 is 0 Å². The van der Waals surface area contributed by atoms with E-state index in [2.05, 4.69) is 5.32 Å². The van der Waals surface area contributed by atoms with Crippen LogP contribution >= 0.6 is 0 Å². The summed E-state index contributed by atoms with van der Waals surface area (Å²) in [5.74, 6) is -0.192. The lowest BCUT2D eigenvalue weighted by Crippen LogP contribution is -2.55. The average Bonchev–Trinajstić information content (AvgIpc) is 3.00. The minimum atomic E-state index is -1.55. The van der Waals surface area contributed by atoms with Crippen molar-refractivity contribution in [3.63, 3.8) is 0 Å². The van der Waals surface area contributed by atoms with Crippen LogP contribution in [0.1, 0.15) is 93.4 Å². The highest BCUT2D eigenvalue weighted by molar-refractivity contribution is 5.93. The molecule has 2 aromatic carbocycles. The van der Waals surface area contributed by atoms with Crippen molar-refractivity contribution < 1.29 is 39.9 Å². The molecule has 2 aromatic rings. The number of hydrogen-bond acceptors (Lipinski definition) is 9. The van der Waals surface area contributed by atoms with E-state index < -0.39 is 48.0 Å². The number of aryl methyl sites for hydroxylation is 1. The molecule has 6 N–H and O–H groups in total. The first-order valence-electron chi connectivity index (χ1n) is 16.7. The molecule has 1 saturated heterocycles. The number of likely N-dealkylation sites (N-methyl/N-ethyl adjacent to an activating group) is 1. The maximum Gasteiger partial charge on any atom is 0.226 e. The third-order valence-corrected chi connectivity index (χ3v) is 9.33. The molecule has 0 saturated carbocycles. The van der Waals surface area contributed by atoms with E-state index in [-0.39, 0.29) is 35.3 Å². The van der Waals surface area contributed by atoms with E-state index in [1.54, 1.807) is 26.0 Å². The lowest BCUT2D eigenvalue weighted by atomic mass is 9.77. The van der Waals surface area contributed by atoms with Crippen LogP contribution in [-0.2, 0) is 20.7 Å². The Bertz CT molecular complexity index is 1460. The standard InChI is InChI=1S/C38H56N2O8/c1-22(2)27-19-29(42)28(35-34(46)33(45)32(44)30(21-41)48-35)18-26(27)17-25-11-10-24(16-23(25)3)12-13-37(4,5)31(43)20-38(6,7)36(47)39-14-15-40(8)9/h10-13,16,18-19,22,30,32-35,41-42,44-46H,14-15,17,20-21H2,1-9H3,(H,39,47)/b13-12+/t30-,32-,33+,34-,35+/m1/s1. The summed E-state index contributed by atoms with van der Waals surface area (Å²) in [5.41, 5.74) is 3.45. The van der Waals surface area contributed by atoms with E-state index in [9.17, 15) is 35.1 Å². The number of carbonyl (C=O) groups excluding carboxylic acids is 2. The van der Waals surface area contributed by atoms with E-state index in [0.29, 0.717) is 13.0 Å². The van der Waals surface area contributed by atoms with E-state index in [0.717, 1.165) is 34.4 Å². The second-order valence-corrected chi connectivity index (χ2v) is 15.0. The van der Waals surface area contributed by atoms with Crippen molar-refractivity contribution in [3.05, 3.63) is 69.8 Å². The molecule has 3 rings (SSSR count). The molecule has 1 fully saturated rings. The van der Waals surface area contributed by atoms with Crippen LogP contribution in [-0.4, -0.2) is 100 Å². The first-order chi connectivity index (χ1) is 22.3. The normalized spacial score (nSPS) is 22.1. The van der Waals surface area contributed by atoms with E-state index >= 15 is 0 Å². The van der Waals surface area contributed by atoms with Gasteiger partial charge in [0.1, 0.15) is 42.1 Å². The molecule has 0 aliphatic carbocycles. The minimum absolute atomic E-state index is 0.0244. The van der Waals surface area contributed by atoms with Gasteiger partial charge in [-0.2, -0.15) is 0 Å². The molecular formula is C38H56N2O8. The van der Waals surface area contributed by atoms with Gasteiger partial charge in [0.05, 0.1) is 12.0 Å². The molecule has 1 aliphatic heterocycles. The number of allylic oxidation sites excluding steroid dienone is 1. The number of carbonyl (C=O) groups is 2. The summed E-state index contributed by atoms with van der Waals surface area (Å²) in [6.07, 6.45) is -2.35. The fourth-order valence-corrected chi connectivity index (χ4v) is 5.91. The predicted octanol–water partition coefficient (Wildman–Crippen LogP) is 3.63. The fraction of sp³-hybridized carbons (Fsp3) is 0.579. The summed E-state index contributed by atoms with van der Waals surface area (Å²) >= 11 is 0. The Kier molecular flexibility index (Phi) is 13.2. The number of phenolic OH excluding ortho intramolecular Hbond substituents is 1. The molecule has 266 valence electrons. The second kappa shape index (κ2) is 16.1. The van der Waals surface area contributed by atoms with Gasteiger partial charge < -0.3 is 40.5 Å². The van der Waals surface area contributed by atoms with Crippen LogP contribution in [0.25, 0.3) is 6.08 Å². The van der Waals surface area contributed by atoms with Gasteiger partial charge in [0.15, 0.2) is 0 Å². The maximum atomic E-state index is 13.3. The zero-order valence-electron chi connectivity index (χ0n) is 29.9. The summed E-state index contributed by atoms with van der Waals surface area (Å²) < 4.78 is 5.75. The molecule has 1 heterocycles. The van der Waals surface area contributed by atoms with Crippen molar-refractivity contribution in [2.45, 2.75) is 97.7 Å². The first-order valence-corrected chi connectivity index (χ1v) is 16.7. The Morgan fingerprint density at radius 2 is 1.67 bits per heavy atom. The molecule has 48 heavy (non-hydrogen) atoms. The Hall–Kier alpha value is -3.12. The molecule has 0 radical (unpaired) electrons. The first kappa shape index (κ1) is 39.3. The van der Waals surface area contributed by atoms with Crippen molar-refractivity contribution in [3.8, 4) is 5.75 Å². The fourth-order valence-electron chi connectivity index (χ4n) is 5.91. The number of rotatable bonds is 14. The maximum absolute atomic E-state index is 13.3. The third-order valence-electron chi connectivity index (χ3n) is 9.33. The molecule has 5 atom stereocenters. The zero-order valence-corrected chi connectivity index (χ0v) is 29.9. The molecule has 0 spiro atoms. The van der Waals surface area contributed by atoms with Crippen molar-refractivity contribution >= 4 is 17.8 Å². The van der Waals surface area contributed by atoms with Gasteiger partial charge in [0.25, 0.3) is 0 Å². The van der Waals surface area contributed by atoms with Crippen LogP contribution in [0.4, 0.5) is 0 Å². The number of nitrogens with one attached hydrogen (secondary N) is 1. The average molecular weight is 669 g/mol.